The number of carbonyl (C=O) groups excluding carboxylic acids is 1. The highest BCUT2D eigenvalue weighted by Gasteiger charge is 2.49. The number of nitrogens with zero attached hydrogens (tertiary/aromatic N) is 4. The van der Waals surface area contributed by atoms with E-state index in [0.717, 1.165) is 5.56 Å². The van der Waals surface area contributed by atoms with Crippen LogP contribution in [0.15, 0.2) is 36.9 Å². The highest BCUT2D eigenvalue weighted by Crippen LogP contribution is 2.32. The van der Waals surface area contributed by atoms with E-state index < -0.39 is 42.4 Å². The Labute approximate surface area is 193 Å². The molecule has 180 valence electrons. The van der Waals surface area contributed by atoms with Gasteiger partial charge in [0.2, 0.25) is 5.91 Å². The summed E-state index contributed by atoms with van der Waals surface area (Å²) in [6.45, 7) is 0. The zero-order chi connectivity index (χ0) is 24.4. The van der Waals surface area contributed by atoms with Gasteiger partial charge in [0.05, 0.1) is 25.5 Å². The Bertz CT molecular complexity index is 1180. The van der Waals surface area contributed by atoms with Crippen LogP contribution in [0.1, 0.15) is 11.8 Å². The normalized spacial score (nSPS) is 22.9. The zero-order valence-electron chi connectivity index (χ0n) is 18.5. The van der Waals surface area contributed by atoms with Crippen LogP contribution in [0.5, 0.6) is 5.75 Å². The lowest BCUT2D eigenvalue weighted by molar-refractivity contribution is -0.152. The largest absolute Gasteiger partial charge is 0.497 e. The van der Waals surface area contributed by atoms with Gasteiger partial charge >= 0.3 is 5.97 Å². The van der Waals surface area contributed by atoms with Crippen LogP contribution in [0.3, 0.4) is 0 Å². The number of carbonyl (C=O) groups is 2. The fourth-order valence-corrected chi connectivity index (χ4v) is 3.88. The van der Waals surface area contributed by atoms with Crippen molar-refractivity contribution >= 4 is 28.9 Å². The first-order valence-electron chi connectivity index (χ1n) is 10.4. The van der Waals surface area contributed by atoms with Gasteiger partial charge in [0, 0.05) is 7.05 Å². The minimum atomic E-state index is -1.51. The van der Waals surface area contributed by atoms with Crippen LogP contribution in [0.4, 0.5) is 5.82 Å². The lowest BCUT2D eigenvalue weighted by Gasteiger charge is -2.22. The number of rotatable bonds is 8. The number of imidazole rings is 1. The highest BCUT2D eigenvalue weighted by molar-refractivity contribution is 5.84. The highest BCUT2D eigenvalue weighted by atomic mass is 16.6. The number of aliphatic hydroxyl groups is 1. The third kappa shape index (κ3) is 4.35. The number of hydrogen-bond donors (Lipinski definition) is 5. The molecule has 3 aromatic rings. The molecule has 1 aliphatic rings. The second-order valence-electron chi connectivity index (χ2n) is 7.77. The van der Waals surface area contributed by atoms with Gasteiger partial charge in [0.1, 0.15) is 23.7 Å². The summed E-state index contributed by atoms with van der Waals surface area (Å²) in [4.78, 5) is 37.1. The maximum Gasteiger partial charge on any atom is 0.335 e. The van der Waals surface area contributed by atoms with Crippen molar-refractivity contribution in [3.63, 3.8) is 0 Å². The zero-order valence-corrected chi connectivity index (χ0v) is 18.5. The molecule has 0 spiro atoms. The summed E-state index contributed by atoms with van der Waals surface area (Å²) in [5.41, 5.74) is 7.59. The van der Waals surface area contributed by atoms with E-state index in [1.54, 1.807) is 38.4 Å². The van der Waals surface area contributed by atoms with Crippen LogP contribution in [-0.4, -0.2) is 80.1 Å². The Balaban J connectivity index is 1.52. The first-order valence-corrected chi connectivity index (χ1v) is 10.4. The molecule has 13 nitrogen and oxygen atoms in total. The molecular weight excluding hydrogens is 446 g/mol. The molecule has 6 N–H and O–H groups in total. The fraction of sp³-hybridized carbons (Fsp3) is 0.381. The second kappa shape index (κ2) is 9.59. The van der Waals surface area contributed by atoms with E-state index >= 15 is 0 Å². The van der Waals surface area contributed by atoms with Crippen molar-refractivity contribution in [2.45, 2.75) is 36.9 Å². The van der Waals surface area contributed by atoms with Gasteiger partial charge in [-0.15, -0.1) is 0 Å². The van der Waals surface area contributed by atoms with Crippen LogP contribution >= 0.6 is 0 Å². The topological polar surface area (TPSA) is 187 Å². The molecule has 0 radical (unpaired) electrons. The van der Waals surface area contributed by atoms with Crippen molar-refractivity contribution in [2.24, 2.45) is 5.73 Å². The Kier molecular flexibility index (Phi) is 6.58. The van der Waals surface area contributed by atoms with Crippen molar-refractivity contribution in [3.05, 3.63) is 42.5 Å². The van der Waals surface area contributed by atoms with E-state index in [-0.39, 0.29) is 6.42 Å². The molecule has 0 saturated carbocycles. The third-order valence-electron chi connectivity index (χ3n) is 5.65. The number of anilines is 1. The van der Waals surface area contributed by atoms with Crippen LogP contribution in [0.25, 0.3) is 11.2 Å². The van der Waals surface area contributed by atoms with Gasteiger partial charge in [-0.25, -0.2) is 19.7 Å². The van der Waals surface area contributed by atoms with Gasteiger partial charge in [0.15, 0.2) is 23.8 Å². The van der Waals surface area contributed by atoms with Crippen LogP contribution < -0.4 is 21.1 Å². The van der Waals surface area contributed by atoms with E-state index in [1.165, 1.54) is 17.2 Å². The van der Waals surface area contributed by atoms with Gasteiger partial charge in [-0.2, -0.15) is 0 Å². The lowest BCUT2D eigenvalue weighted by atomic mass is 10.0. The molecule has 4 rings (SSSR count). The second-order valence-corrected chi connectivity index (χ2v) is 7.77. The summed E-state index contributed by atoms with van der Waals surface area (Å²) in [6, 6.07) is 4.83. The molecule has 3 heterocycles. The number of ether oxygens (including phenoxy) is 2. The van der Waals surface area contributed by atoms with Crippen molar-refractivity contribution in [3.8, 4) is 5.75 Å². The summed E-state index contributed by atoms with van der Waals surface area (Å²) >= 11 is 0. The molecule has 13 heteroatoms. The minimum Gasteiger partial charge on any atom is -0.497 e. The Morgan fingerprint density at radius 1 is 1.26 bits per heavy atom. The molecule has 1 amide bonds. The lowest BCUT2D eigenvalue weighted by Crippen LogP contribution is -2.54. The number of carboxylic acids is 1. The van der Waals surface area contributed by atoms with Gasteiger partial charge in [-0.3, -0.25) is 9.36 Å². The molecule has 1 aliphatic heterocycles. The Morgan fingerprint density at radius 2 is 2.00 bits per heavy atom. The molecule has 34 heavy (non-hydrogen) atoms. The number of fused-ring (bicyclic) bond motifs is 1. The minimum absolute atomic E-state index is 0.205. The first kappa shape index (κ1) is 23.4. The summed E-state index contributed by atoms with van der Waals surface area (Å²) in [6.07, 6.45) is -1.21. The van der Waals surface area contributed by atoms with Crippen LogP contribution in [0, 0.1) is 0 Å². The molecule has 2 aromatic heterocycles. The quantitative estimate of drug-likeness (QED) is 0.279. The van der Waals surface area contributed by atoms with Crippen LogP contribution in [0.2, 0.25) is 0 Å². The molecule has 1 aromatic carbocycles. The van der Waals surface area contributed by atoms with Gasteiger partial charge in [-0.1, -0.05) is 12.1 Å². The molecular formula is C21H25N7O6. The van der Waals surface area contributed by atoms with Crippen molar-refractivity contribution in [2.75, 3.05) is 19.5 Å². The van der Waals surface area contributed by atoms with E-state index in [1.807, 2.05) is 0 Å². The smallest absolute Gasteiger partial charge is 0.335 e. The molecule has 5 unspecified atom stereocenters. The van der Waals surface area contributed by atoms with Crippen molar-refractivity contribution < 1.29 is 29.3 Å². The van der Waals surface area contributed by atoms with E-state index in [4.69, 9.17) is 15.2 Å². The number of nitrogens with two attached hydrogens (primary N) is 1. The number of benzene rings is 1. The molecule has 5 atom stereocenters. The fourth-order valence-electron chi connectivity index (χ4n) is 3.88. The molecule has 1 saturated heterocycles. The molecule has 0 aliphatic carbocycles. The predicted octanol–water partition coefficient (Wildman–Crippen LogP) is -0.726. The standard InChI is InChI=1S/C21H25N7O6/c1-23-17-14-18(25-8-24-17)28(9-26-14)20-15(29)13(16(34-20)21(31)32)27-19(30)12(22)7-10-3-5-11(33-2)6-4-10/h3-6,8-9,12-13,15-16,20,29H,7,22H2,1-2H3,(H,27,30)(H,31,32)(H,23,24,25). The predicted molar refractivity (Wildman–Crippen MR) is 119 cm³/mol. The van der Waals surface area contributed by atoms with Gasteiger partial charge in [0.25, 0.3) is 0 Å². The number of nitrogens with one attached hydrogen (secondary N) is 2. The number of aliphatic carboxylic acids is 1. The SMILES string of the molecule is CNc1ncnc2c1ncn2C1OC(C(=O)O)C(NC(=O)C(N)Cc2ccc(OC)cc2)C1O. The van der Waals surface area contributed by atoms with Crippen molar-refractivity contribution in [1.29, 1.82) is 0 Å². The van der Waals surface area contributed by atoms with Crippen LogP contribution in [-0.2, 0) is 20.7 Å². The summed E-state index contributed by atoms with van der Waals surface area (Å²) in [5, 5.41) is 26.0. The number of amides is 1. The Morgan fingerprint density at radius 3 is 2.65 bits per heavy atom. The monoisotopic (exact) mass is 471 g/mol. The van der Waals surface area contributed by atoms with E-state index in [0.29, 0.717) is 22.7 Å². The van der Waals surface area contributed by atoms with Gasteiger partial charge in [-0.05, 0) is 24.1 Å². The average Bonchev–Trinajstić information content (AvgIpc) is 3.40. The number of methoxy groups -OCH3 is 1. The van der Waals surface area contributed by atoms with Gasteiger partial charge < -0.3 is 36.1 Å². The number of carboxylic acid groups (broad SMARTS) is 1. The Hall–Kier alpha value is -3.81. The molecule has 1 fully saturated rings. The first-order chi connectivity index (χ1) is 16.3. The number of aromatic nitrogens is 4. The molecule has 0 bridgehead atoms. The average molecular weight is 471 g/mol. The number of aliphatic hydroxyl groups excluding tert-OH is 1. The van der Waals surface area contributed by atoms with E-state index in [2.05, 4.69) is 25.6 Å². The summed E-state index contributed by atoms with van der Waals surface area (Å²) < 4.78 is 12.1. The number of hydrogen-bond acceptors (Lipinski definition) is 10. The third-order valence-corrected chi connectivity index (χ3v) is 5.65. The van der Waals surface area contributed by atoms with Crippen molar-refractivity contribution in [1.82, 2.24) is 24.8 Å². The summed E-state index contributed by atoms with van der Waals surface area (Å²) in [7, 11) is 3.22. The maximum absolute atomic E-state index is 12.8. The maximum atomic E-state index is 12.8. The van der Waals surface area contributed by atoms with E-state index in [9.17, 15) is 19.8 Å². The summed E-state index contributed by atoms with van der Waals surface area (Å²) in [5.74, 6) is -0.834.